The number of rotatable bonds is 5. The number of hydrogen-bond acceptors (Lipinski definition) is 2. The van der Waals surface area contributed by atoms with Crippen molar-refractivity contribution in [2.75, 3.05) is 6.61 Å². The molecule has 3 unspecified atom stereocenters. The summed E-state index contributed by atoms with van der Waals surface area (Å²) in [6, 6.07) is 10.1. The van der Waals surface area contributed by atoms with Gasteiger partial charge in [-0.25, -0.2) is 4.79 Å². The van der Waals surface area contributed by atoms with Crippen molar-refractivity contribution in [1.82, 2.24) is 10.6 Å². The zero-order chi connectivity index (χ0) is 15.5. The predicted octanol–water partition coefficient (Wildman–Crippen LogP) is 2.64. The van der Waals surface area contributed by atoms with E-state index >= 15 is 0 Å². The van der Waals surface area contributed by atoms with Gasteiger partial charge in [-0.2, -0.15) is 0 Å². The summed E-state index contributed by atoms with van der Waals surface area (Å²) in [6.45, 7) is 6.27. The largest absolute Gasteiger partial charge is 0.394 e. The molecule has 0 heterocycles. The lowest BCUT2D eigenvalue weighted by atomic mass is 9.88. The van der Waals surface area contributed by atoms with Crippen LogP contribution in [0.4, 0.5) is 4.79 Å². The van der Waals surface area contributed by atoms with Crippen LogP contribution in [0.3, 0.4) is 0 Å². The monoisotopic (exact) mass is 290 g/mol. The smallest absolute Gasteiger partial charge is 0.315 e. The molecular formula is C17H26N2O2. The van der Waals surface area contributed by atoms with Crippen molar-refractivity contribution < 1.29 is 9.90 Å². The molecule has 1 aromatic rings. The number of carbonyl (C=O) groups excluding carboxylic acids is 1. The van der Waals surface area contributed by atoms with Gasteiger partial charge in [-0.3, -0.25) is 0 Å². The zero-order valence-corrected chi connectivity index (χ0v) is 13.1. The Hall–Kier alpha value is -1.55. The van der Waals surface area contributed by atoms with Crippen LogP contribution in [0.1, 0.15) is 45.1 Å². The fourth-order valence-corrected chi connectivity index (χ4v) is 2.72. The molecule has 0 saturated heterocycles. The fourth-order valence-electron chi connectivity index (χ4n) is 2.72. The first-order valence-electron chi connectivity index (χ1n) is 7.62. The molecule has 1 fully saturated rings. The van der Waals surface area contributed by atoms with Gasteiger partial charge in [0, 0.05) is 12.0 Å². The molecule has 1 aliphatic rings. The third-order valence-corrected chi connectivity index (χ3v) is 3.75. The third kappa shape index (κ3) is 5.05. The van der Waals surface area contributed by atoms with Gasteiger partial charge in [0.25, 0.3) is 0 Å². The molecule has 0 spiro atoms. The first-order valence-corrected chi connectivity index (χ1v) is 7.62. The molecule has 3 N–H and O–H groups in total. The first kappa shape index (κ1) is 15.8. The van der Waals surface area contributed by atoms with E-state index in [1.165, 1.54) is 5.56 Å². The molecule has 1 aromatic carbocycles. The minimum Gasteiger partial charge on any atom is -0.394 e. The number of nitrogens with one attached hydrogen (secondary N) is 2. The van der Waals surface area contributed by atoms with Gasteiger partial charge in [-0.15, -0.1) is 0 Å². The van der Waals surface area contributed by atoms with Gasteiger partial charge in [0.15, 0.2) is 0 Å². The van der Waals surface area contributed by atoms with Crippen molar-refractivity contribution in [1.29, 1.82) is 0 Å². The van der Waals surface area contributed by atoms with Crippen molar-refractivity contribution in [2.24, 2.45) is 5.41 Å². The Bertz CT molecular complexity index is 467. The Morgan fingerprint density at radius 1 is 1.33 bits per heavy atom. The number of urea groups is 1. The second kappa shape index (κ2) is 6.48. The lowest BCUT2D eigenvalue weighted by molar-refractivity contribution is 0.190. The van der Waals surface area contributed by atoms with E-state index in [1.807, 2.05) is 18.2 Å². The van der Waals surface area contributed by atoms with E-state index in [0.29, 0.717) is 5.92 Å². The highest BCUT2D eigenvalue weighted by Gasteiger charge is 2.39. The van der Waals surface area contributed by atoms with Crippen molar-refractivity contribution in [3.05, 3.63) is 35.9 Å². The van der Waals surface area contributed by atoms with Crippen LogP contribution in [0.2, 0.25) is 0 Å². The number of aliphatic hydroxyl groups excluding tert-OH is 1. The number of hydrogen-bond donors (Lipinski definition) is 3. The van der Waals surface area contributed by atoms with E-state index in [0.717, 1.165) is 12.8 Å². The van der Waals surface area contributed by atoms with Crippen molar-refractivity contribution in [2.45, 2.75) is 51.6 Å². The molecule has 1 saturated carbocycles. The van der Waals surface area contributed by atoms with E-state index in [4.69, 9.17) is 0 Å². The Kier molecular flexibility index (Phi) is 4.88. The maximum Gasteiger partial charge on any atom is 0.315 e. The Balaban J connectivity index is 1.78. The molecule has 2 rings (SSSR count). The Labute approximate surface area is 126 Å². The topological polar surface area (TPSA) is 61.4 Å². The fraction of sp³-hybridized carbons (Fsp3) is 0.588. The summed E-state index contributed by atoms with van der Waals surface area (Å²) < 4.78 is 0. The number of amides is 2. The molecule has 0 radical (unpaired) electrons. The summed E-state index contributed by atoms with van der Waals surface area (Å²) in [5.41, 5.74) is 1.35. The van der Waals surface area contributed by atoms with Gasteiger partial charge in [0.2, 0.25) is 0 Å². The average molecular weight is 290 g/mol. The standard InChI is InChI=1S/C17H26N2O2/c1-17(2,3)10-13(11-20)18-16(21)19-15-9-14(15)12-7-5-4-6-8-12/h4-8,13-15,20H,9-11H2,1-3H3,(H2,18,19,21). The summed E-state index contributed by atoms with van der Waals surface area (Å²) in [4.78, 5) is 12.0. The molecule has 2 amide bonds. The second-order valence-electron chi connectivity index (χ2n) is 7.12. The molecule has 0 aromatic heterocycles. The molecule has 4 nitrogen and oxygen atoms in total. The van der Waals surface area contributed by atoms with Crippen LogP contribution in [-0.2, 0) is 0 Å². The second-order valence-corrected chi connectivity index (χ2v) is 7.12. The summed E-state index contributed by atoms with van der Waals surface area (Å²) in [5, 5.41) is 15.2. The van der Waals surface area contributed by atoms with E-state index in [9.17, 15) is 9.90 Å². The van der Waals surface area contributed by atoms with E-state index < -0.39 is 0 Å². The van der Waals surface area contributed by atoms with Crippen LogP contribution in [0.5, 0.6) is 0 Å². The van der Waals surface area contributed by atoms with E-state index in [-0.39, 0.29) is 30.1 Å². The van der Waals surface area contributed by atoms with Crippen molar-refractivity contribution >= 4 is 6.03 Å². The molecule has 0 aliphatic heterocycles. The van der Waals surface area contributed by atoms with Gasteiger partial charge in [-0.05, 0) is 23.8 Å². The SMILES string of the molecule is CC(C)(C)CC(CO)NC(=O)NC1CC1c1ccccc1. The number of aliphatic hydroxyl groups is 1. The first-order chi connectivity index (χ1) is 9.89. The van der Waals surface area contributed by atoms with Crippen LogP contribution in [0, 0.1) is 5.41 Å². The number of benzene rings is 1. The summed E-state index contributed by atoms with van der Waals surface area (Å²) in [5.74, 6) is 0.423. The van der Waals surface area contributed by atoms with E-state index in [2.05, 4.69) is 43.5 Å². The summed E-state index contributed by atoms with van der Waals surface area (Å²) in [6.07, 6.45) is 1.74. The van der Waals surface area contributed by atoms with Crippen LogP contribution < -0.4 is 10.6 Å². The van der Waals surface area contributed by atoms with Gasteiger partial charge in [-0.1, -0.05) is 51.1 Å². The van der Waals surface area contributed by atoms with Crippen molar-refractivity contribution in [3.8, 4) is 0 Å². The minimum atomic E-state index is -0.195. The average Bonchev–Trinajstić information content (AvgIpc) is 3.16. The van der Waals surface area contributed by atoms with Gasteiger partial charge in [0.05, 0.1) is 12.6 Å². The maximum atomic E-state index is 12.0. The number of carbonyl (C=O) groups is 1. The molecule has 1 aliphatic carbocycles. The lowest BCUT2D eigenvalue weighted by Gasteiger charge is -2.25. The minimum absolute atomic E-state index is 0.0303. The van der Waals surface area contributed by atoms with Gasteiger partial charge >= 0.3 is 6.03 Å². The van der Waals surface area contributed by atoms with Crippen LogP contribution in [-0.4, -0.2) is 29.8 Å². The van der Waals surface area contributed by atoms with Gasteiger partial charge in [0.1, 0.15) is 0 Å². The molecular weight excluding hydrogens is 264 g/mol. The Morgan fingerprint density at radius 3 is 2.57 bits per heavy atom. The molecule has 3 atom stereocenters. The molecule has 116 valence electrons. The van der Waals surface area contributed by atoms with E-state index in [1.54, 1.807) is 0 Å². The van der Waals surface area contributed by atoms with Gasteiger partial charge < -0.3 is 15.7 Å². The van der Waals surface area contributed by atoms with Crippen LogP contribution in [0.15, 0.2) is 30.3 Å². The molecule has 0 bridgehead atoms. The normalized spacial score (nSPS) is 22.5. The van der Waals surface area contributed by atoms with Crippen LogP contribution >= 0.6 is 0 Å². The third-order valence-electron chi connectivity index (χ3n) is 3.75. The summed E-state index contributed by atoms with van der Waals surface area (Å²) >= 11 is 0. The quantitative estimate of drug-likeness (QED) is 0.780. The van der Waals surface area contributed by atoms with Crippen molar-refractivity contribution in [3.63, 3.8) is 0 Å². The molecule has 4 heteroatoms. The Morgan fingerprint density at radius 2 is 2.00 bits per heavy atom. The highest BCUT2D eigenvalue weighted by molar-refractivity contribution is 5.75. The highest BCUT2D eigenvalue weighted by atomic mass is 16.3. The van der Waals surface area contributed by atoms with Crippen LogP contribution in [0.25, 0.3) is 0 Å². The molecule has 21 heavy (non-hydrogen) atoms. The zero-order valence-electron chi connectivity index (χ0n) is 13.1. The lowest BCUT2D eigenvalue weighted by Crippen LogP contribution is -2.46. The predicted molar refractivity (Wildman–Crippen MR) is 84.2 cm³/mol. The maximum absolute atomic E-state index is 12.0. The highest BCUT2D eigenvalue weighted by Crippen LogP contribution is 2.40. The summed E-state index contributed by atoms with van der Waals surface area (Å²) in [7, 11) is 0.